The SMILES string of the molecule is O=C(CNC(=O)Cc1cccc2ccccc12)NCCc1cccc(Cl)c1. The Morgan fingerprint density at radius 3 is 2.48 bits per heavy atom. The lowest BCUT2D eigenvalue weighted by Gasteiger charge is -2.09. The Bertz CT molecular complexity index is 950. The Balaban J connectivity index is 1.44. The van der Waals surface area contributed by atoms with E-state index in [0.29, 0.717) is 18.0 Å². The van der Waals surface area contributed by atoms with Gasteiger partial charge in [0, 0.05) is 11.6 Å². The van der Waals surface area contributed by atoms with Crippen LogP contribution in [0.1, 0.15) is 11.1 Å². The molecule has 0 bridgehead atoms. The van der Waals surface area contributed by atoms with Crippen LogP contribution in [0.15, 0.2) is 66.7 Å². The molecule has 0 saturated heterocycles. The highest BCUT2D eigenvalue weighted by molar-refractivity contribution is 6.30. The van der Waals surface area contributed by atoms with Crippen LogP contribution in [0.2, 0.25) is 5.02 Å². The van der Waals surface area contributed by atoms with Crippen molar-refractivity contribution >= 4 is 34.2 Å². The first kappa shape index (κ1) is 18.9. The predicted octanol–water partition coefficient (Wildman–Crippen LogP) is 3.51. The lowest BCUT2D eigenvalue weighted by molar-refractivity contribution is -0.125. The highest BCUT2D eigenvalue weighted by Gasteiger charge is 2.08. The summed E-state index contributed by atoms with van der Waals surface area (Å²) >= 11 is 5.94. The molecule has 0 radical (unpaired) electrons. The van der Waals surface area contributed by atoms with Crippen LogP contribution < -0.4 is 10.6 Å². The van der Waals surface area contributed by atoms with Gasteiger partial charge in [0.25, 0.3) is 0 Å². The van der Waals surface area contributed by atoms with E-state index >= 15 is 0 Å². The summed E-state index contributed by atoms with van der Waals surface area (Å²) in [6.45, 7) is 0.470. The van der Waals surface area contributed by atoms with Crippen LogP contribution in [-0.2, 0) is 22.4 Å². The molecule has 0 fully saturated rings. The molecule has 3 aromatic carbocycles. The molecular formula is C22H21ClN2O2. The van der Waals surface area contributed by atoms with E-state index < -0.39 is 0 Å². The molecule has 138 valence electrons. The number of hydrogen-bond acceptors (Lipinski definition) is 2. The highest BCUT2D eigenvalue weighted by atomic mass is 35.5. The second-order valence-electron chi connectivity index (χ2n) is 6.32. The molecule has 0 atom stereocenters. The number of hydrogen-bond donors (Lipinski definition) is 2. The van der Waals surface area contributed by atoms with Gasteiger partial charge in [-0.3, -0.25) is 9.59 Å². The Labute approximate surface area is 163 Å². The molecule has 0 aliphatic rings. The smallest absolute Gasteiger partial charge is 0.239 e. The van der Waals surface area contributed by atoms with Gasteiger partial charge in [0.1, 0.15) is 0 Å². The minimum absolute atomic E-state index is 0.0286. The summed E-state index contributed by atoms with van der Waals surface area (Å²) in [5.74, 6) is -0.375. The Morgan fingerprint density at radius 2 is 1.63 bits per heavy atom. The van der Waals surface area contributed by atoms with Crippen LogP contribution in [0.3, 0.4) is 0 Å². The minimum Gasteiger partial charge on any atom is -0.354 e. The molecule has 2 N–H and O–H groups in total. The summed E-state index contributed by atoms with van der Waals surface area (Å²) < 4.78 is 0. The largest absolute Gasteiger partial charge is 0.354 e. The first-order valence-electron chi connectivity index (χ1n) is 8.86. The van der Waals surface area contributed by atoms with Gasteiger partial charge in [-0.05, 0) is 40.5 Å². The van der Waals surface area contributed by atoms with E-state index in [1.54, 1.807) is 0 Å². The van der Waals surface area contributed by atoms with Crippen molar-refractivity contribution in [2.24, 2.45) is 0 Å². The molecule has 3 rings (SSSR count). The van der Waals surface area contributed by atoms with Gasteiger partial charge in [0.15, 0.2) is 0 Å². The summed E-state index contributed by atoms with van der Waals surface area (Å²) in [5, 5.41) is 8.32. The van der Waals surface area contributed by atoms with Crippen molar-refractivity contribution in [3.8, 4) is 0 Å². The van der Waals surface area contributed by atoms with Crippen molar-refractivity contribution in [2.45, 2.75) is 12.8 Å². The third kappa shape index (κ3) is 5.56. The molecule has 5 heteroatoms. The monoisotopic (exact) mass is 380 g/mol. The van der Waals surface area contributed by atoms with E-state index in [4.69, 9.17) is 11.6 Å². The number of fused-ring (bicyclic) bond motifs is 1. The first-order chi connectivity index (χ1) is 13.1. The average molecular weight is 381 g/mol. The first-order valence-corrected chi connectivity index (χ1v) is 9.24. The predicted molar refractivity (Wildman–Crippen MR) is 109 cm³/mol. The Morgan fingerprint density at radius 1 is 0.852 bits per heavy atom. The quantitative estimate of drug-likeness (QED) is 0.659. The lowest BCUT2D eigenvalue weighted by atomic mass is 10.0. The molecule has 4 nitrogen and oxygen atoms in total. The highest BCUT2D eigenvalue weighted by Crippen LogP contribution is 2.18. The van der Waals surface area contributed by atoms with E-state index in [1.165, 1.54) is 0 Å². The molecule has 0 aliphatic carbocycles. The second kappa shape index (κ2) is 9.19. The van der Waals surface area contributed by atoms with Gasteiger partial charge in [-0.15, -0.1) is 0 Å². The zero-order valence-electron chi connectivity index (χ0n) is 14.9. The minimum atomic E-state index is -0.205. The molecule has 0 heterocycles. The molecule has 27 heavy (non-hydrogen) atoms. The van der Waals surface area contributed by atoms with Crippen molar-refractivity contribution in [1.29, 1.82) is 0 Å². The molecule has 0 aromatic heterocycles. The van der Waals surface area contributed by atoms with Crippen molar-refractivity contribution in [3.63, 3.8) is 0 Å². The van der Waals surface area contributed by atoms with Gasteiger partial charge in [-0.1, -0.05) is 66.2 Å². The normalized spacial score (nSPS) is 10.6. The van der Waals surface area contributed by atoms with Crippen molar-refractivity contribution in [1.82, 2.24) is 10.6 Å². The number of nitrogens with one attached hydrogen (secondary N) is 2. The number of benzene rings is 3. The van der Waals surface area contributed by atoms with E-state index in [0.717, 1.165) is 21.9 Å². The molecule has 0 aliphatic heterocycles. The molecule has 0 saturated carbocycles. The van der Waals surface area contributed by atoms with E-state index in [-0.39, 0.29) is 24.8 Å². The summed E-state index contributed by atoms with van der Waals surface area (Å²) in [5.41, 5.74) is 2.01. The number of amides is 2. The van der Waals surface area contributed by atoms with Crippen molar-refractivity contribution in [2.75, 3.05) is 13.1 Å². The fourth-order valence-corrected chi connectivity index (χ4v) is 3.18. The Hall–Kier alpha value is -2.85. The van der Waals surface area contributed by atoms with Gasteiger partial charge in [0.05, 0.1) is 13.0 Å². The van der Waals surface area contributed by atoms with Crippen LogP contribution in [0.4, 0.5) is 0 Å². The second-order valence-corrected chi connectivity index (χ2v) is 6.76. The summed E-state index contributed by atoms with van der Waals surface area (Å²) in [7, 11) is 0. The fourth-order valence-electron chi connectivity index (χ4n) is 2.96. The number of rotatable bonds is 7. The van der Waals surface area contributed by atoms with Crippen LogP contribution in [0.5, 0.6) is 0 Å². The topological polar surface area (TPSA) is 58.2 Å². The summed E-state index contributed by atoms with van der Waals surface area (Å²) in [6.07, 6.45) is 0.938. The third-order valence-electron chi connectivity index (χ3n) is 4.30. The van der Waals surface area contributed by atoms with Crippen molar-refractivity contribution < 1.29 is 9.59 Å². The maximum absolute atomic E-state index is 12.2. The molecule has 3 aromatic rings. The van der Waals surface area contributed by atoms with Gasteiger partial charge in [-0.25, -0.2) is 0 Å². The van der Waals surface area contributed by atoms with Crippen LogP contribution >= 0.6 is 11.6 Å². The van der Waals surface area contributed by atoms with Crippen LogP contribution in [0, 0.1) is 0 Å². The number of carbonyl (C=O) groups is 2. The molecule has 0 unspecified atom stereocenters. The molecule has 2 amide bonds. The van der Waals surface area contributed by atoms with E-state index in [9.17, 15) is 9.59 Å². The van der Waals surface area contributed by atoms with E-state index in [2.05, 4.69) is 10.6 Å². The fraction of sp³-hybridized carbons (Fsp3) is 0.182. The maximum Gasteiger partial charge on any atom is 0.239 e. The van der Waals surface area contributed by atoms with Gasteiger partial charge in [0.2, 0.25) is 11.8 Å². The van der Waals surface area contributed by atoms with E-state index in [1.807, 2.05) is 66.7 Å². The van der Waals surface area contributed by atoms with Gasteiger partial charge < -0.3 is 10.6 Å². The maximum atomic E-state index is 12.2. The molecular weight excluding hydrogens is 360 g/mol. The standard InChI is InChI=1S/C22H21ClN2O2/c23-19-9-3-5-16(13-19)11-12-24-22(27)15-25-21(26)14-18-8-4-7-17-6-1-2-10-20(17)18/h1-10,13H,11-12,14-15H2,(H,24,27)(H,25,26). The zero-order valence-corrected chi connectivity index (χ0v) is 15.6. The van der Waals surface area contributed by atoms with Gasteiger partial charge in [-0.2, -0.15) is 0 Å². The summed E-state index contributed by atoms with van der Waals surface area (Å²) in [6, 6.07) is 21.4. The van der Waals surface area contributed by atoms with Gasteiger partial charge >= 0.3 is 0 Å². The number of halogens is 1. The summed E-state index contributed by atoms with van der Waals surface area (Å²) in [4.78, 5) is 24.1. The Kier molecular flexibility index (Phi) is 6.44. The van der Waals surface area contributed by atoms with Crippen LogP contribution in [-0.4, -0.2) is 24.9 Å². The number of carbonyl (C=O) groups excluding carboxylic acids is 2. The molecule has 0 spiro atoms. The lowest BCUT2D eigenvalue weighted by Crippen LogP contribution is -2.38. The van der Waals surface area contributed by atoms with Crippen LogP contribution in [0.25, 0.3) is 10.8 Å². The average Bonchev–Trinajstić information content (AvgIpc) is 2.67. The van der Waals surface area contributed by atoms with Crippen molar-refractivity contribution in [3.05, 3.63) is 82.9 Å². The zero-order chi connectivity index (χ0) is 19.1. The third-order valence-corrected chi connectivity index (χ3v) is 4.54.